The SMILES string of the molecule is O=C(COCC1CC1)Oc1ccc(OC(=O)COCC2CO2)cc1. The van der Waals surface area contributed by atoms with Crippen LogP contribution >= 0.6 is 0 Å². The average molecular weight is 336 g/mol. The van der Waals surface area contributed by atoms with Crippen LogP contribution in [0.2, 0.25) is 0 Å². The molecule has 1 aromatic carbocycles. The number of esters is 2. The Hall–Kier alpha value is -1.96. The third-order valence-electron chi connectivity index (χ3n) is 3.48. The minimum Gasteiger partial charge on any atom is -0.425 e. The molecule has 1 saturated heterocycles. The predicted octanol–water partition coefficient (Wildman–Crippen LogP) is 1.34. The molecule has 2 fully saturated rings. The zero-order chi connectivity index (χ0) is 16.8. The smallest absolute Gasteiger partial charge is 0.337 e. The van der Waals surface area contributed by atoms with Gasteiger partial charge in [-0.05, 0) is 43.0 Å². The highest BCUT2D eigenvalue weighted by molar-refractivity contribution is 5.74. The quantitative estimate of drug-likeness (QED) is 0.362. The van der Waals surface area contributed by atoms with E-state index in [0.717, 1.165) is 0 Å². The van der Waals surface area contributed by atoms with Crippen LogP contribution in [-0.2, 0) is 23.8 Å². The van der Waals surface area contributed by atoms with Crippen molar-refractivity contribution in [1.82, 2.24) is 0 Å². The Kier molecular flexibility index (Phi) is 5.79. The summed E-state index contributed by atoms with van der Waals surface area (Å²) >= 11 is 0. The van der Waals surface area contributed by atoms with Crippen LogP contribution < -0.4 is 9.47 Å². The molecule has 1 heterocycles. The molecule has 24 heavy (non-hydrogen) atoms. The largest absolute Gasteiger partial charge is 0.425 e. The standard InChI is InChI=1S/C17H20O7/c18-16(10-20-7-12-1-2-12)23-13-3-5-14(6-4-13)24-17(19)11-21-8-15-9-22-15/h3-6,12,15H,1-2,7-11H2. The fourth-order valence-corrected chi connectivity index (χ4v) is 1.93. The predicted molar refractivity (Wildman–Crippen MR) is 81.8 cm³/mol. The molecule has 1 atom stereocenters. The molecule has 0 radical (unpaired) electrons. The van der Waals surface area contributed by atoms with E-state index in [0.29, 0.717) is 37.2 Å². The van der Waals surface area contributed by atoms with Crippen molar-refractivity contribution in [2.45, 2.75) is 18.9 Å². The number of hydrogen-bond acceptors (Lipinski definition) is 7. The Morgan fingerprint density at radius 1 is 0.917 bits per heavy atom. The van der Waals surface area contributed by atoms with Crippen LogP contribution in [0.25, 0.3) is 0 Å². The van der Waals surface area contributed by atoms with Gasteiger partial charge in [0.2, 0.25) is 0 Å². The summed E-state index contributed by atoms with van der Waals surface area (Å²) in [6.45, 7) is 1.50. The van der Waals surface area contributed by atoms with Crippen molar-refractivity contribution in [2.75, 3.05) is 33.0 Å². The van der Waals surface area contributed by atoms with E-state index in [9.17, 15) is 9.59 Å². The lowest BCUT2D eigenvalue weighted by Crippen LogP contribution is -2.18. The molecule has 1 unspecified atom stereocenters. The molecule has 3 rings (SSSR count). The molecular weight excluding hydrogens is 316 g/mol. The van der Waals surface area contributed by atoms with E-state index in [-0.39, 0.29) is 19.3 Å². The van der Waals surface area contributed by atoms with E-state index in [1.54, 1.807) is 24.3 Å². The molecule has 1 aliphatic heterocycles. The van der Waals surface area contributed by atoms with Crippen LogP contribution in [0.1, 0.15) is 12.8 Å². The third kappa shape index (κ3) is 6.27. The number of ether oxygens (including phenoxy) is 5. The van der Waals surface area contributed by atoms with E-state index in [1.165, 1.54) is 12.8 Å². The van der Waals surface area contributed by atoms with Gasteiger partial charge in [-0.15, -0.1) is 0 Å². The summed E-state index contributed by atoms with van der Waals surface area (Å²) in [6, 6.07) is 6.21. The molecular formula is C17H20O7. The van der Waals surface area contributed by atoms with Crippen molar-refractivity contribution in [2.24, 2.45) is 5.92 Å². The summed E-state index contributed by atoms with van der Waals surface area (Å²) in [4.78, 5) is 23.2. The molecule has 0 bridgehead atoms. The second kappa shape index (κ2) is 8.23. The fourth-order valence-electron chi connectivity index (χ4n) is 1.93. The van der Waals surface area contributed by atoms with Gasteiger partial charge in [-0.2, -0.15) is 0 Å². The van der Waals surface area contributed by atoms with Gasteiger partial charge in [0.25, 0.3) is 0 Å². The maximum atomic E-state index is 11.6. The highest BCUT2D eigenvalue weighted by atomic mass is 16.6. The maximum Gasteiger partial charge on any atom is 0.337 e. The Morgan fingerprint density at radius 2 is 1.42 bits per heavy atom. The van der Waals surface area contributed by atoms with Crippen LogP contribution in [0.15, 0.2) is 24.3 Å². The molecule has 2 aliphatic rings. The van der Waals surface area contributed by atoms with E-state index in [4.69, 9.17) is 23.7 Å². The molecule has 1 aliphatic carbocycles. The minimum absolute atomic E-state index is 0.0602. The van der Waals surface area contributed by atoms with Crippen molar-refractivity contribution >= 4 is 11.9 Å². The van der Waals surface area contributed by atoms with Gasteiger partial charge in [0.15, 0.2) is 0 Å². The molecule has 7 heteroatoms. The third-order valence-corrected chi connectivity index (χ3v) is 3.48. The zero-order valence-corrected chi connectivity index (χ0v) is 13.3. The Morgan fingerprint density at radius 3 is 1.88 bits per heavy atom. The zero-order valence-electron chi connectivity index (χ0n) is 13.3. The summed E-state index contributed by atoms with van der Waals surface area (Å²) in [7, 11) is 0. The highest BCUT2D eigenvalue weighted by Crippen LogP contribution is 2.28. The Balaban J connectivity index is 1.34. The molecule has 130 valence electrons. The Bertz CT molecular complexity index is 510. The first-order valence-electron chi connectivity index (χ1n) is 7.97. The van der Waals surface area contributed by atoms with E-state index in [1.807, 2.05) is 0 Å². The highest BCUT2D eigenvalue weighted by Gasteiger charge is 2.23. The monoisotopic (exact) mass is 336 g/mol. The normalized spacial score (nSPS) is 18.9. The van der Waals surface area contributed by atoms with Crippen LogP contribution in [-0.4, -0.2) is 51.1 Å². The van der Waals surface area contributed by atoms with Gasteiger partial charge in [-0.3, -0.25) is 0 Å². The second-order valence-corrected chi connectivity index (χ2v) is 5.85. The lowest BCUT2D eigenvalue weighted by molar-refractivity contribution is -0.140. The molecule has 1 aromatic rings. The number of carbonyl (C=O) groups is 2. The summed E-state index contributed by atoms with van der Waals surface area (Å²) in [5.74, 6) is 0.394. The lowest BCUT2D eigenvalue weighted by atomic mass is 10.3. The van der Waals surface area contributed by atoms with Crippen molar-refractivity contribution in [3.8, 4) is 11.5 Å². The number of carbonyl (C=O) groups excluding carboxylic acids is 2. The number of benzene rings is 1. The summed E-state index contributed by atoms with van der Waals surface area (Å²) < 4.78 is 25.6. The molecule has 0 N–H and O–H groups in total. The van der Waals surface area contributed by atoms with Gasteiger partial charge in [0.1, 0.15) is 30.8 Å². The van der Waals surface area contributed by atoms with E-state index >= 15 is 0 Å². The van der Waals surface area contributed by atoms with Crippen LogP contribution in [0.4, 0.5) is 0 Å². The molecule has 7 nitrogen and oxygen atoms in total. The van der Waals surface area contributed by atoms with Crippen molar-refractivity contribution in [1.29, 1.82) is 0 Å². The summed E-state index contributed by atoms with van der Waals surface area (Å²) in [5.41, 5.74) is 0. The maximum absolute atomic E-state index is 11.6. The number of epoxide rings is 1. The fraction of sp³-hybridized carbons (Fsp3) is 0.529. The Labute approximate surface area is 139 Å². The summed E-state index contributed by atoms with van der Waals surface area (Å²) in [6.07, 6.45) is 2.46. The molecule has 0 aromatic heterocycles. The number of rotatable bonds is 10. The van der Waals surface area contributed by atoms with Crippen LogP contribution in [0.3, 0.4) is 0 Å². The van der Waals surface area contributed by atoms with Crippen LogP contribution in [0, 0.1) is 5.92 Å². The minimum atomic E-state index is -0.492. The van der Waals surface area contributed by atoms with E-state index < -0.39 is 11.9 Å². The van der Waals surface area contributed by atoms with Crippen molar-refractivity contribution in [3.63, 3.8) is 0 Å². The topological polar surface area (TPSA) is 83.6 Å². The van der Waals surface area contributed by atoms with Gasteiger partial charge >= 0.3 is 11.9 Å². The first-order chi connectivity index (χ1) is 11.7. The van der Waals surface area contributed by atoms with Gasteiger partial charge < -0.3 is 23.7 Å². The first-order valence-corrected chi connectivity index (χ1v) is 7.97. The molecule has 1 saturated carbocycles. The van der Waals surface area contributed by atoms with Crippen molar-refractivity contribution < 1.29 is 33.3 Å². The lowest BCUT2D eigenvalue weighted by Gasteiger charge is -2.07. The number of hydrogen-bond donors (Lipinski definition) is 0. The second-order valence-electron chi connectivity index (χ2n) is 5.85. The van der Waals surface area contributed by atoms with Gasteiger partial charge in [-0.25, -0.2) is 9.59 Å². The molecule has 0 amide bonds. The summed E-state index contributed by atoms with van der Waals surface area (Å²) in [5, 5.41) is 0. The first kappa shape index (κ1) is 16.9. The average Bonchev–Trinajstić information content (AvgIpc) is 3.43. The van der Waals surface area contributed by atoms with Gasteiger partial charge in [0, 0.05) is 0 Å². The van der Waals surface area contributed by atoms with Crippen molar-refractivity contribution in [3.05, 3.63) is 24.3 Å². The van der Waals surface area contributed by atoms with Crippen LogP contribution in [0.5, 0.6) is 11.5 Å². The van der Waals surface area contributed by atoms with Gasteiger partial charge in [0.05, 0.1) is 19.8 Å². The van der Waals surface area contributed by atoms with E-state index in [2.05, 4.69) is 0 Å². The van der Waals surface area contributed by atoms with Gasteiger partial charge in [-0.1, -0.05) is 0 Å². The molecule has 0 spiro atoms.